The molecular weight excluding hydrogens is 390 g/mol. The molecule has 2 aromatic rings. The first kappa shape index (κ1) is 19.2. The summed E-state index contributed by atoms with van der Waals surface area (Å²) in [4.78, 5) is 16.4. The van der Waals surface area contributed by atoms with Crippen molar-refractivity contribution in [1.82, 2.24) is 9.29 Å². The molecule has 130 valence electrons. The lowest BCUT2D eigenvalue weighted by Crippen LogP contribution is -2.22. The minimum absolute atomic E-state index is 0.0652. The Labute approximate surface area is 154 Å². The highest BCUT2D eigenvalue weighted by atomic mass is 35.5. The third kappa shape index (κ3) is 4.70. The zero-order valence-electron chi connectivity index (χ0n) is 13.2. The van der Waals surface area contributed by atoms with Gasteiger partial charge in [0.25, 0.3) is 0 Å². The summed E-state index contributed by atoms with van der Waals surface area (Å²) in [6.45, 7) is 1.89. The van der Waals surface area contributed by atoms with Crippen molar-refractivity contribution >= 4 is 56.3 Å². The zero-order chi connectivity index (χ0) is 17.9. The van der Waals surface area contributed by atoms with Crippen LogP contribution in [0.5, 0.6) is 0 Å². The average molecular weight is 406 g/mol. The maximum absolute atomic E-state index is 12.2. The normalized spacial score (nSPS) is 11.7. The number of nitrogens with zero attached hydrogens (tertiary/aromatic N) is 2. The van der Waals surface area contributed by atoms with Gasteiger partial charge >= 0.3 is 0 Å². The predicted molar refractivity (Wildman–Crippen MR) is 98.5 cm³/mol. The van der Waals surface area contributed by atoms with E-state index in [0.29, 0.717) is 0 Å². The highest BCUT2D eigenvalue weighted by molar-refractivity contribution is 8.01. The Morgan fingerprint density at radius 3 is 2.71 bits per heavy atom. The number of amides is 1. The number of nitrogens with one attached hydrogen (secondary N) is 1. The summed E-state index contributed by atoms with van der Waals surface area (Å²) < 4.78 is 26.2. The van der Waals surface area contributed by atoms with Crippen LogP contribution in [-0.2, 0) is 14.8 Å². The number of sulfonamides is 1. The van der Waals surface area contributed by atoms with Crippen LogP contribution in [0.2, 0.25) is 5.02 Å². The first-order valence-corrected chi connectivity index (χ1v) is 10.5. The fraction of sp³-hybridized carbons (Fsp3) is 0.286. The number of aromatic nitrogens is 1. The summed E-state index contributed by atoms with van der Waals surface area (Å²) in [7, 11) is -0.716. The largest absolute Gasteiger partial charge is 0.324 e. The highest BCUT2D eigenvalue weighted by Gasteiger charge is 2.19. The molecule has 6 nitrogen and oxygen atoms in total. The molecule has 0 saturated heterocycles. The number of carbonyl (C=O) groups excluding carboxylic acids is 1. The molecule has 0 unspecified atom stereocenters. The quantitative estimate of drug-likeness (QED) is 0.747. The van der Waals surface area contributed by atoms with E-state index in [4.69, 9.17) is 11.6 Å². The molecule has 1 heterocycles. The van der Waals surface area contributed by atoms with Crippen molar-refractivity contribution in [2.24, 2.45) is 0 Å². The van der Waals surface area contributed by atoms with Crippen molar-refractivity contribution in [3.05, 3.63) is 34.3 Å². The zero-order valence-corrected chi connectivity index (χ0v) is 16.4. The molecule has 10 heteroatoms. The van der Waals surface area contributed by atoms with E-state index in [9.17, 15) is 13.2 Å². The van der Waals surface area contributed by atoms with Gasteiger partial charge < -0.3 is 5.32 Å². The number of carbonyl (C=O) groups is 1. The number of halogens is 1. The molecule has 1 aromatic heterocycles. The lowest BCUT2D eigenvalue weighted by Gasteiger charge is -2.13. The van der Waals surface area contributed by atoms with Crippen LogP contribution in [0.4, 0.5) is 5.69 Å². The highest BCUT2D eigenvalue weighted by Crippen LogP contribution is 2.27. The minimum atomic E-state index is -3.59. The first-order valence-electron chi connectivity index (χ1n) is 6.77. The predicted octanol–water partition coefficient (Wildman–Crippen LogP) is 3.09. The number of benzene rings is 1. The summed E-state index contributed by atoms with van der Waals surface area (Å²) in [5.41, 5.74) is 1.17. The maximum atomic E-state index is 12.2. The van der Waals surface area contributed by atoms with E-state index in [2.05, 4.69) is 10.3 Å². The van der Waals surface area contributed by atoms with Crippen LogP contribution in [0.1, 0.15) is 5.69 Å². The number of anilines is 1. The molecule has 0 spiro atoms. The van der Waals surface area contributed by atoms with Gasteiger partial charge in [-0.25, -0.2) is 17.7 Å². The molecule has 0 aliphatic rings. The van der Waals surface area contributed by atoms with Crippen LogP contribution in [0.3, 0.4) is 0 Å². The lowest BCUT2D eigenvalue weighted by atomic mass is 10.3. The van der Waals surface area contributed by atoms with Gasteiger partial charge in [-0.1, -0.05) is 23.4 Å². The van der Waals surface area contributed by atoms with Gasteiger partial charge in [0.05, 0.1) is 21.4 Å². The molecule has 0 bridgehead atoms. The summed E-state index contributed by atoms with van der Waals surface area (Å²) in [5.74, 6) is -0.123. The Morgan fingerprint density at radius 2 is 2.12 bits per heavy atom. The van der Waals surface area contributed by atoms with Crippen molar-refractivity contribution in [1.29, 1.82) is 0 Å². The fourth-order valence-corrected chi connectivity index (χ4v) is 4.43. The Morgan fingerprint density at radius 1 is 1.42 bits per heavy atom. The van der Waals surface area contributed by atoms with Gasteiger partial charge in [0, 0.05) is 25.2 Å². The SMILES string of the molecule is Cc1csc(SCC(=O)Nc2cc(S(=O)(=O)N(C)C)ccc2Cl)n1. The van der Waals surface area contributed by atoms with E-state index in [0.717, 1.165) is 14.3 Å². The van der Waals surface area contributed by atoms with Crippen LogP contribution in [-0.4, -0.2) is 43.5 Å². The van der Waals surface area contributed by atoms with Gasteiger partial charge in [-0.15, -0.1) is 11.3 Å². The summed E-state index contributed by atoms with van der Waals surface area (Å²) >= 11 is 8.84. The van der Waals surface area contributed by atoms with Gasteiger partial charge in [-0.2, -0.15) is 0 Å². The van der Waals surface area contributed by atoms with Crippen molar-refractivity contribution in [2.45, 2.75) is 16.2 Å². The molecule has 1 amide bonds. The van der Waals surface area contributed by atoms with Crippen molar-refractivity contribution in [3.63, 3.8) is 0 Å². The smallest absolute Gasteiger partial charge is 0.242 e. The van der Waals surface area contributed by atoms with E-state index in [-0.39, 0.29) is 27.3 Å². The number of hydrogen-bond acceptors (Lipinski definition) is 6. The number of thioether (sulfide) groups is 1. The van der Waals surface area contributed by atoms with Gasteiger partial charge in [0.15, 0.2) is 4.34 Å². The molecule has 1 aromatic carbocycles. The number of thiazole rings is 1. The summed E-state index contributed by atoms with van der Waals surface area (Å²) in [6.07, 6.45) is 0. The minimum Gasteiger partial charge on any atom is -0.324 e. The average Bonchev–Trinajstić information content (AvgIpc) is 2.92. The van der Waals surface area contributed by atoms with E-state index in [1.54, 1.807) is 0 Å². The van der Waals surface area contributed by atoms with E-state index in [1.807, 2.05) is 12.3 Å². The Kier molecular flexibility index (Phi) is 6.27. The lowest BCUT2D eigenvalue weighted by molar-refractivity contribution is -0.113. The van der Waals surface area contributed by atoms with Crippen LogP contribution in [0.25, 0.3) is 0 Å². The summed E-state index contributed by atoms with van der Waals surface area (Å²) in [6, 6.07) is 4.21. The molecule has 0 radical (unpaired) electrons. The van der Waals surface area contributed by atoms with Crippen molar-refractivity contribution < 1.29 is 13.2 Å². The Hall–Kier alpha value is -1.13. The molecule has 0 aliphatic heterocycles. The standard InChI is InChI=1S/C14H16ClN3O3S3/c1-9-7-22-14(16-9)23-8-13(19)17-12-6-10(4-5-11(12)15)24(20,21)18(2)3/h4-7H,8H2,1-3H3,(H,17,19). The topological polar surface area (TPSA) is 79.4 Å². The molecule has 0 saturated carbocycles. The van der Waals surface area contributed by atoms with Crippen LogP contribution >= 0.6 is 34.7 Å². The monoisotopic (exact) mass is 405 g/mol. The van der Waals surface area contributed by atoms with Gasteiger partial charge in [-0.05, 0) is 25.1 Å². The molecule has 24 heavy (non-hydrogen) atoms. The fourth-order valence-electron chi connectivity index (χ4n) is 1.68. The van der Waals surface area contributed by atoms with Gasteiger partial charge in [0.2, 0.25) is 15.9 Å². The Balaban J connectivity index is 2.10. The van der Waals surface area contributed by atoms with Crippen LogP contribution in [0, 0.1) is 6.92 Å². The third-order valence-electron chi connectivity index (χ3n) is 2.92. The molecule has 0 fully saturated rings. The molecule has 2 rings (SSSR count). The second-order valence-electron chi connectivity index (χ2n) is 5.02. The van der Waals surface area contributed by atoms with E-state index in [1.165, 1.54) is 55.4 Å². The first-order chi connectivity index (χ1) is 11.2. The number of rotatable bonds is 6. The number of aryl methyl sites for hydroxylation is 1. The Bertz CT molecular complexity index is 850. The molecular formula is C14H16ClN3O3S3. The third-order valence-corrected chi connectivity index (χ3v) is 7.19. The second kappa shape index (κ2) is 7.83. The summed E-state index contributed by atoms with van der Waals surface area (Å²) in [5, 5.41) is 4.82. The number of hydrogen-bond donors (Lipinski definition) is 1. The van der Waals surface area contributed by atoms with Crippen molar-refractivity contribution in [3.8, 4) is 0 Å². The molecule has 0 aliphatic carbocycles. The molecule has 0 atom stereocenters. The van der Waals surface area contributed by atoms with E-state index < -0.39 is 10.0 Å². The van der Waals surface area contributed by atoms with Gasteiger partial charge in [0.1, 0.15) is 0 Å². The molecule has 1 N–H and O–H groups in total. The van der Waals surface area contributed by atoms with E-state index >= 15 is 0 Å². The van der Waals surface area contributed by atoms with Crippen LogP contribution < -0.4 is 5.32 Å². The maximum Gasteiger partial charge on any atom is 0.242 e. The van der Waals surface area contributed by atoms with Gasteiger partial charge in [-0.3, -0.25) is 4.79 Å². The van der Waals surface area contributed by atoms with Crippen LogP contribution in [0.15, 0.2) is 32.8 Å². The van der Waals surface area contributed by atoms with Crippen molar-refractivity contribution in [2.75, 3.05) is 25.2 Å². The second-order valence-corrected chi connectivity index (χ2v) is 9.66.